The monoisotopic (exact) mass is 274 g/mol. The number of carbonyl (C=O) groups is 1. The van der Waals surface area contributed by atoms with E-state index in [2.05, 4.69) is 21.2 Å². The summed E-state index contributed by atoms with van der Waals surface area (Å²) in [5, 5.41) is 2.95. The van der Waals surface area contributed by atoms with Crippen LogP contribution in [0.1, 0.15) is 12.0 Å². The minimum Gasteiger partial charge on any atom is -0.384 e. The van der Waals surface area contributed by atoms with Crippen molar-refractivity contribution < 1.29 is 9.18 Å². The van der Waals surface area contributed by atoms with Crippen LogP contribution in [0.15, 0.2) is 16.6 Å². The molecule has 1 amide bonds. The van der Waals surface area contributed by atoms with Crippen LogP contribution in [0.3, 0.4) is 0 Å². The number of carbonyl (C=O) groups excluding carboxylic acids is 1. The molecule has 0 aromatic heterocycles. The summed E-state index contributed by atoms with van der Waals surface area (Å²) in [4.78, 5) is 10.5. The maximum atomic E-state index is 13.2. The number of nitrogens with two attached hydrogens (primary N) is 1. The van der Waals surface area contributed by atoms with Gasteiger partial charge in [0.1, 0.15) is 5.82 Å². The van der Waals surface area contributed by atoms with Gasteiger partial charge in [-0.25, -0.2) is 4.39 Å². The molecule has 0 radical (unpaired) electrons. The van der Waals surface area contributed by atoms with Crippen molar-refractivity contribution in [3.8, 4) is 0 Å². The van der Waals surface area contributed by atoms with Crippen molar-refractivity contribution in [1.82, 2.24) is 0 Å². The van der Waals surface area contributed by atoms with Crippen molar-refractivity contribution in [3.05, 3.63) is 28.0 Å². The topological polar surface area (TPSA) is 55.1 Å². The molecule has 3 nitrogen and oxygen atoms in total. The first-order valence-corrected chi connectivity index (χ1v) is 5.28. The highest BCUT2D eigenvalue weighted by molar-refractivity contribution is 9.10. The molecule has 0 aliphatic heterocycles. The number of primary amides is 1. The van der Waals surface area contributed by atoms with Crippen LogP contribution < -0.4 is 11.1 Å². The number of anilines is 1. The van der Waals surface area contributed by atoms with Gasteiger partial charge in [0.25, 0.3) is 0 Å². The van der Waals surface area contributed by atoms with Gasteiger partial charge in [-0.1, -0.05) is 0 Å². The van der Waals surface area contributed by atoms with Gasteiger partial charge in [0.2, 0.25) is 5.91 Å². The first-order chi connectivity index (χ1) is 7.00. The maximum Gasteiger partial charge on any atom is 0.219 e. The van der Waals surface area contributed by atoms with Gasteiger partial charge < -0.3 is 11.1 Å². The molecule has 0 aliphatic rings. The Morgan fingerprint density at radius 1 is 1.60 bits per heavy atom. The van der Waals surface area contributed by atoms with E-state index in [4.69, 9.17) is 5.73 Å². The summed E-state index contributed by atoms with van der Waals surface area (Å²) in [6.07, 6.45) is 0.233. The molecular weight excluding hydrogens is 263 g/mol. The molecule has 1 rings (SSSR count). The smallest absolute Gasteiger partial charge is 0.219 e. The van der Waals surface area contributed by atoms with E-state index in [-0.39, 0.29) is 18.1 Å². The van der Waals surface area contributed by atoms with Crippen LogP contribution in [-0.4, -0.2) is 12.5 Å². The largest absolute Gasteiger partial charge is 0.384 e. The molecule has 0 aliphatic carbocycles. The van der Waals surface area contributed by atoms with Crippen LogP contribution in [0.5, 0.6) is 0 Å². The molecule has 0 atom stereocenters. The van der Waals surface area contributed by atoms with E-state index in [0.29, 0.717) is 16.7 Å². The molecule has 82 valence electrons. The molecule has 5 heteroatoms. The Morgan fingerprint density at radius 2 is 2.27 bits per heavy atom. The zero-order chi connectivity index (χ0) is 11.4. The summed E-state index contributed by atoms with van der Waals surface area (Å²) in [5.41, 5.74) is 6.58. The summed E-state index contributed by atoms with van der Waals surface area (Å²) in [7, 11) is 0. The van der Waals surface area contributed by atoms with Crippen LogP contribution in [0.25, 0.3) is 0 Å². The van der Waals surface area contributed by atoms with Crippen LogP contribution >= 0.6 is 15.9 Å². The fraction of sp³-hybridized carbons (Fsp3) is 0.300. The first-order valence-electron chi connectivity index (χ1n) is 4.48. The lowest BCUT2D eigenvalue weighted by Gasteiger charge is -2.09. The number of nitrogens with one attached hydrogen (secondary N) is 1. The normalized spacial score (nSPS) is 10.1. The third-order valence-electron chi connectivity index (χ3n) is 1.95. The average molecular weight is 275 g/mol. The summed E-state index contributed by atoms with van der Waals surface area (Å²) >= 11 is 3.09. The SMILES string of the molecule is Cc1cc(Br)c(F)cc1NCCC(N)=O. The predicted octanol–water partition coefficient (Wildman–Crippen LogP) is 2.18. The van der Waals surface area contributed by atoms with Crippen molar-refractivity contribution >= 4 is 27.5 Å². The summed E-state index contributed by atoms with van der Waals surface area (Å²) in [6.45, 7) is 2.27. The minimum absolute atomic E-state index is 0.233. The van der Waals surface area contributed by atoms with Gasteiger partial charge in [-0.15, -0.1) is 0 Å². The van der Waals surface area contributed by atoms with Gasteiger partial charge in [0.05, 0.1) is 4.47 Å². The van der Waals surface area contributed by atoms with Gasteiger partial charge in [0, 0.05) is 18.7 Å². The fourth-order valence-electron chi connectivity index (χ4n) is 1.16. The summed E-state index contributed by atoms with van der Waals surface area (Å²) < 4.78 is 13.6. The Balaban J connectivity index is 2.69. The van der Waals surface area contributed by atoms with Crippen molar-refractivity contribution in [1.29, 1.82) is 0 Å². The molecule has 0 spiro atoms. The second-order valence-electron chi connectivity index (χ2n) is 3.22. The van der Waals surface area contributed by atoms with E-state index in [1.807, 2.05) is 6.92 Å². The minimum atomic E-state index is -0.377. The highest BCUT2D eigenvalue weighted by Gasteiger charge is 2.04. The molecule has 0 unspecified atom stereocenters. The molecule has 1 aromatic carbocycles. The van der Waals surface area contributed by atoms with Crippen molar-refractivity contribution in [2.75, 3.05) is 11.9 Å². The fourth-order valence-corrected chi connectivity index (χ4v) is 1.61. The van der Waals surface area contributed by atoms with Crippen LogP contribution in [-0.2, 0) is 4.79 Å². The lowest BCUT2D eigenvalue weighted by atomic mass is 10.2. The number of rotatable bonds is 4. The first kappa shape index (κ1) is 12.0. The highest BCUT2D eigenvalue weighted by atomic mass is 79.9. The van der Waals surface area contributed by atoms with Crippen LogP contribution in [0, 0.1) is 12.7 Å². The number of amides is 1. The van der Waals surface area contributed by atoms with E-state index < -0.39 is 0 Å². The second-order valence-corrected chi connectivity index (χ2v) is 4.08. The van der Waals surface area contributed by atoms with Crippen molar-refractivity contribution in [2.45, 2.75) is 13.3 Å². The second kappa shape index (κ2) is 5.11. The predicted molar refractivity (Wildman–Crippen MR) is 61.1 cm³/mol. The van der Waals surface area contributed by atoms with E-state index in [9.17, 15) is 9.18 Å². The molecule has 0 saturated heterocycles. The Bertz CT molecular complexity index is 382. The van der Waals surface area contributed by atoms with Gasteiger partial charge in [-0.2, -0.15) is 0 Å². The Labute approximate surface area is 96.0 Å². The Kier molecular flexibility index (Phi) is 4.08. The number of hydrogen-bond acceptors (Lipinski definition) is 2. The molecule has 3 N–H and O–H groups in total. The van der Waals surface area contributed by atoms with E-state index >= 15 is 0 Å². The quantitative estimate of drug-likeness (QED) is 0.884. The lowest BCUT2D eigenvalue weighted by Crippen LogP contribution is -2.16. The number of hydrogen-bond donors (Lipinski definition) is 2. The lowest BCUT2D eigenvalue weighted by molar-refractivity contribution is -0.117. The summed E-state index contributed by atoms with van der Waals surface area (Å²) in [6, 6.07) is 3.07. The number of aryl methyl sites for hydroxylation is 1. The standard InChI is InChI=1S/C10H12BrFN2O/c1-6-4-7(11)8(12)5-9(6)14-3-2-10(13)15/h4-5,14H,2-3H2,1H3,(H2,13,15). The van der Waals surface area contributed by atoms with Crippen molar-refractivity contribution in [3.63, 3.8) is 0 Å². The Morgan fingerprint density at radius 3 is 2.87 bits per heavy atom. The molecule has 0 fully saturated rings. The summed E-state index contributed by atoms with van der Waals surface area (Å²) in [5.74, 6) is -0.708. The van der Waals surface area contributed by atoms with Gasteiger partial charge in [0.15, 0.2) is 0 Å². The Hall–Kier alpha value is -1.10. The van der Waals surface area contributed by atoms with Crippen molar-refractivity contribution in [2.24, 2.45) is 5.73 Å². The zero-order valence-corrected chi connectivity index (χ0v) is 9.90. The molecular formula is C10H12BrFN2O. The molecule has 0 bridgehead atoms. The van der Waals surface area contributed by atoms with E-state index in [1.165, 1.54) is 6.07 Å². The maximum absolute atomic E-state index is 13.2. The zero-order valence-electron chi connectivity index (χ0n) is 8.31. The third kappa shape index (κ3) is 3.51. The van der Waals surface area contributed by atoms with E-state index in [0.717, 1.165) is 5.56 Å². The van der Waals surface area contributed by atoms with Crippen LogP contribution in [0.2, 0.25) is 0 Å². The number of benzene rings is 1. The molecule has 15 heavy (non-hydrogen) atoms. The van der Waals surface area contributed by atoms with Gasteiger partial charge in [-0.3, -0.25) is 4.79 Å². The molecule has 1 aromatic rings. The molecule has 0 heterocycles. The highest BCUT2D eigenvalue weighted by Crippen LogP contribution is 2.23. The van der Waals surface area contributed by atoms with E-state index in [1.54, 1.807) is 6.07 Å². The third-order valence-corrected chi connectivity index (χ3v) is 2.56. The van der Waals surface area contributed by atoms with Gasteiger partial charge in [-0.05, 0) is 40.5 Å². The van der Waals surface area contributed by atoms with Gasteiger partial charge >= 0.3 is 0 Å². The van der Waals surface area contributed by atoms with Crippen LogP contribution in [0.4, 0.5) is 10.1 Å². The average Bonchev–Trinajstić information content (AvgIpc) is 2.13. The number of halogens is 2. The molecule has 0 saturated carbocycles.